The molecule has 1 saturated carbocycles. The van der Waals surface area contributed by atoms with E-state index in [2.05, 4.69) is 60.8 Å². The van der Waals surface area contributed by atoms with Gasteiger partial charge in [0.2, 0.25) is 0 Å². The molecule has 0 amide bonds. The highest BCUT2D eigenvalue weighted by Gasteiger charge is 2.32. The summed E-state index contributed by atoms with van der Waals surface area (Å²) >= 11 is 3.86. The fraction of sp³-hybridized carbons (Fsp3) is 0.625. The number of thioether (sulfide) groups is 2. The Balaban J connectivity index is 1.91. The molecule has 0 spiro atoms. The highest BCUT2D eigenvalue weighted by Crippen LogP contribution is 2.40. The van der Waals surface area contributed by atoms with Gasteiger partial charge in [0, 0.05) is 22.2 Å². The molecule has 1 aliphatic rings. The third-order valence-corrected chi connectivity index (χ3v) is 6.46. The van der Waals surface area contributed by atoms with Crippen molar-refractivity contribution in [3.63, 3.8) is 0 Å². The SMILES string of the molecule is CSc1ccc(C(C)NCC2(SC)CCCC2)cc1. The summed E-state index contributed by atoms with van der Waals surface area (Å²) in [5, 5.41) is 3.74. The van der Waals surface area contributed by atoms with Crippen molar-refractivity contribution in [2.75, 3.05) is 19.1 Å². The summed E-state index contributed by atoms with van der Waals surface area (Å²) in [7, 11) is 0. The van der Waals surface area contributed by atoms with E-state index in [0.29, 0.717) is 10.8 Å². The third kappa shape index (κ3) is 3.93. The van der Waals surface area contributed by atoms with Crippen molar-refractivity contribution in [1.29, 1.82) is 0 Å². The second-order valence-corrected chi connectivity index (χ2v) is 7.62. The Morgan fingerprint density at radius 1 is 1.16 bits per heavy atom. The number of hydrogen-bond acceptors (Lipinski definition) is 3. The van der Waals surface area contributed by atoms with E-state index in [9.17, 15) is 0 Å². The minimum Gasteiger partial charge on any atom is -0.309 e. The van der Waals surface area contributed by atoms with Crippen LogP contribution in [-0.4, -0.2) is 23.8 Å². The van der Waals surface area contributed by atoms with E-state index in [1.165, 1.54) is 36.1 Å². The van der Waals surface area contributed by atoms with Crippen LogP contribution in [0.5, 0.6) is 0 Å². The van der Waals surface area contributed by atoms with Crippen molar-refractivity contribution in [2.45, 2.75) is 48.3 Å². The second-order valence-electron chi connectivity index (χ2n) is 5.47. The van der Waals surface area contributed by atoms with Gasteiger partial charge in [0.1, 0.15) is 0 Å². The van der Waals surface area contributed by atoms with Crippen LogP contribution < -0.4 is 5.32 Å². The van der Waals surface area contributed by atoms with Crippen LogP contribution in [0, 0.1) is 0 Å². The number of hydrogen-bond donors (Lipinski definition) is 1. The molecule has 0 heterocycles. The lowest BCUT2D eigenvalue weighted by Gasteiger charge is -2.29. The van der Waals surface area contributed by atoms with Gasteiger partial charge in [-0.25, -0.2) is 0 Å². The average Bonchev–Trinajstić information content (AvgIpc) is 2.94. The van der Waals surface area contributed by atoms with Crippen molar-refractivity contribution in [3.8, 4) is 0 Å². The largest absolute Gasteiger partial charge is 0.309 e. The maximum atomic E-state index is 3.74. The van der Waals surface area contributed by atoms with Crippen LogP contribution in [-0.2, 0) is 0 Å². The van der Waals surface area contributed by atoms with Gasteiger partial charge in [-0.3, -0.25) is 0 Å². The van der Waals surface area contributed by atoms with Crippen molar-refractivity contribution < 1.29 is 0 Å². The normalized spacial score (nSPS) is 19.5. The van der Waals surface area contributed by atoms with Crippen LogP contribution >= 0.6 is 23.5 Å². The molecule has 1 fully saturated rings. The highest BCUT2D eigenvalue weighted by atomic mass is 32.2. The Morgan fingerprint density at radius 2 is 1.79 bits per heavy atom. The molecule has 0 bridgehead atoms. The predicted molar refractivity (Wildman–Crippen MR) is 89.4 cm³/mol. The van der Waals surface area contributed by atoms with Gasteiger partial charge in [-0.2, -0.15) is 11.8 Å². The van der Waals surface area contributed by atoms with Gasteiger partial charge in [0.25, 0.3) is 0 Å². The molecule has 1 nitrogen and oxygen atoms in total. The molecule has 19 heavy (non-hydrogen) atoms. The van der Waals surface area contributed by atoms with E-state index < -0.39 is 0 Å². The number of rotatable bonds is 6. The molecule has 1 atom stereocenters. The molecule has 0 radical (unpaired) electrons. The molecule has 1 aromatic carbocycles. The van der Waals surface area contributed by atoms with Crippen LogP contribution in [0.15, 0.2) is 29.2 Å². The summed E-state index contributed by atoms with van der Waals surface area (Å²) in [6.45, 7) is 3.41. The van der Waals surface area contributed by atoms with Gasteiger partial charge in [-0.1, -0.05) is 25.0 Å². The van der Waals surface area contributed by atoms with Gasteiger partial charge in [0.15, 0.2) is 0 Å². The lowest BCUT2D eigenvalue weighted by atomic mass is 10.0. The fourth-order valence-electron chi connectivity index (χ4n) is 2.82. The van der Waals surface area contributed by atoms with Crippen LogP contribution in [0.25, 0.3) is 0 Å². The summed E-state index contributed by atoms with van der Waals surface area (Å²) in [6, 6.07) is 9.39. The Kier molecular flexibility index (Phi) is 5.67. The van der Waals surface area contributed by atoms with Gasteiger partial charge in [-0.05, 0) is 50.0 Å². The summed E-state index contributed by atoms with van der Waals surface area (Å²) < 4.78 is 0.494. The summed E-state index contributed by atoms with van der Waals surface area (Å²) in [5.41, 5.74) is 1.40. The van der Waals surface area contributed by atoms with Crippen molar-refractivity contribution in [1.82, 2.24) is 5.32 Å². The molecule has 106 valence electrons. The van der Waals surface area contributed by atoms with Crippen LogP contribution in [0.2, 0.25) is 0 Å². The Labute approximate surface area is 126 Å². The molecule has 2 rings (SSSR count). The molecule has 1 N–H and O–H groups in total. The Hall–Kier alpha value is -0.120. The van der Waals surface area contributed by atoms with E-state index in [1.54, 1.807) is 11.8 Å². The van der Waals surface area contributed by atoms with Gasteiger partial charge >= 0.3 is 0 Å². The molecule has 0 aromatic heterocycles. The van der Waals surface area contributed by atoms with Crippen LogP contribution in [0.1, 0.15) is 44.2 Å². The Morgan fingerprint density at radius 3 is 2.32 bits per heavy atom. The topological polar surface area (TPSA) is 12.0 Å². The summed E-state index contributed by atoms with van der Waals surface area (Å²) in [5.74, 6) is 0. The fourth-order valence-corrected chi connectivity index (χ4v) is 4.15. The average molecular weight is 296 g/mol. The van der Waals surface area contributed by atoms with Crippen molar-refractivity contribution in [2.24, 2.45) is 0 Å². The first-order valence-electron chi connectivity index (χ1n) is 7.12. The van der Waals surface area contributed by atoms with E-state index in [1.807, 2.05) is 0 Å². The summed E-state index contributed by atoms with van der Waals surface area (Å²) in [4.78, 5) is 1.34. The second kappa shape index (κ2) is 7.05. The maximum Gasteiger partial charge on any atom is 0.0292 e. The van der Waals surface area contributed by atoms with E-state index >= 15 is 0 Å². The van der Waals surface area contributed by atoms with E-state index in [-0.39, 0.29) is 0 Å². The van der Waals surface area contributed by atoms with Crippen LogP contribution in [0.4, 0.5) is 0 Å². The maximum absolute atomic E-state index is 3.74. The summed E-state index contributed by atoms with van der Waals surface area (Å²) in [6.07, 6.45) is 9.95. The smallest absolute Gasteiger partial charge is 0.0292 e. The first-order valence-corrected chi connectivity index (χ1v) is 9.56. The van der Waals surface area contributed by atoms with Crippen molar-refractivity contribution in [3.05, 3.63) is 29.8 Å². The Bertz CT molecular complexity index is 382. The van der Waals surface area contributed by atoms with E-state index in [4.69, 9.17) is 0 Å². The quantitative estimate of drug-likeness (QED) is 0.762. The predicted octanol–water partition coefficient (Wildman–Crippen LogP) is 4.73. The highest BCUT2D eigenvalue weighted by molar-refractivity contribution is 8.00. The molecular weight excluding hydrogens is 270 g/mol. The third-order valence-electron chi connectivity index (χ3n) is 4.29. The monoisotopic (exact) mass is 295 g/mol. The lowest BCUT2D eigenvalue weighted by Crippen LogP contribution is -2.36. The zero-order chi connectivity index (χ0) is 13.7. The van der Waals surface area contributed by atoms with E-state index in [0.717, 1.165) is 6.54 Å². The molecular formula is C16H25NS2. The zero-order valence-corrected chi connectivity index (χ0v) is 13.9. The van der Waals surface area contributed by atoms with Gasteiger partial charge in [-0.15, -0.1) is 11.8 Å². The molecule has 1 aliphatic carbocycles. The number of nitrogens with one attached hydrogen (secondary N) is 1. The van der Waals surface area contributed by atoms with Gasteiger partial charge < -0.3 is 5.32 Å². The van der Waals surface area contributed by atoms with Gasteiger partial charge in [0.05, 0.1) is 0 Å². The standard InChI is InChI=1S/C16H25NS2/c1-13(14-6-8-15(18-2)9-7-14)17-12-16(19-3)10-4-5-11-16/h6-9,13,17H,4-5,10-12H2,1-3H3. The first-order chi connectivity index (χ1) is 9.19. The van der Waals surface area contributed by atoms with Crippen LogP contribution in [0.3, 0.4) is 0 Å². The molecule has 1 unspecified atom stereocenters. The lowest BCUT2D eigenvalue weighted by molar-refractivity contribution is 0.486. The molecule has 0 saturated heterocycles. The zero-order valence-electron chi connectivity index (χ0n) is 12.2. The minimum absolute atomic E-state index is 0.445. The molecule has 0 aliphatic heterocycles. The first kappa shape index (κ1) is 15.3. The minimum atomic E-state index is 0.445. The van der Waals surface area contributed by atoms with Crippen molar-refractivity contribution >= 4 is 23.5 Å². The number of benzene rings is 1. The molecule has 1 aromatic rings. The molecule has 3 heteroatoms.